The minimum absolute atomic E-state index is 0.216. The summed E-state index contributed by atoms with van der Waals surface area (Å²) in [5, 5.41) is 10.2. The summed E-state index contributed by atoms with van der Waals surface area (Å²) in [4.78, 5) is 16.4. The Hall–Kier alpha value is -2.14. The highest BCUT2D eigenvalue weighted by Gasteiger charge is 2.22. The molecule has 1 aliphatic heterocycles. The molecule has 0 bridgehead atoms. The van der Waals surface area contributed by atoms with Crippen molar-refractivity contribution in [3.8, 4) is 0 Å². The molecule has 1 amide bonds. The van der Waals surface area contributed by atoms with E-state index in [-0.39, 0.29) is 5.91 Å². The molecule has 5 nitrogen and oxygen atoms in total. The quantitative estimate of drug-likeness (QED) is 0.837. The van der Waals surface area contributed by atoms with E-state index in [1.807, 2.05) is 19.1 Å². The first kappa shape index (κ1) is 11.9. The average Bonchev–Trinajstić information content (AvgIpc) is 2.67. The number of aromatic nitrogens is 2. The molecule has 19 heavy (non-hydrogen) atoms. The SMILES string of the molecule is Cc1[nH]nc2c1N=C(c1ccc(Cl)cc1)CNC2=O. The maximum absolute atomic E-state index is 11.9. The van der Waals surface area contributed by atoms with E-state index in [1.54, 1.807) is 12.1 Å². The average molecular weight is 275 g/mol. The van der Waals surface area contributed by atoms with Crippen LogP contribution in [0, 0.1) is 6.92 Å². The van der Waals surface area contributed by atoms with Gasteiger partial charge in [-0.2, -0.15) is 5.10 Å². The lowest BCUT2D eigenvalue weighted by Crippen LogP contribution is -2.28. The summed E-state index contributed by atoms with van der Waals surface area (Å²) in [6.45, 7) is 2.21. The molecule has 1 aliphatic rings. The summed E-state index contributed by atoms with van der Waals surface area (Å²) in [7, 11) is 0. The lowest BCUT2D eigenvalue weighted by molar-refractivity contribution is 0.0956. The van der Waals surface area contributed by atoms with Crippen LogP contribution in [0.15, 0.2) is 29.3 Å². The summed E-state index contributed by atoms with van der Waals surface area (Å²) in [6, 6.07) is 7.37. The van der Waals surface area contributed by atoms with E-state index in [1.165, 1.54) is 0 Å². The van der Waals surface area contributed by atoms with Crippen LogP contribution in [0.5, 0.6) is 0 Å². The molecule has 0 unspecified atom stereocenters. The molecule has 0 atom stereocenters. The highest BCUT2D eigenvalue weighted by molar-refractivity contribution is 6.30. The summed E-state index contributed by atoms with van der Waals surface area (Å²) in [5.74, 6) is -0.216. The van der Waals surface area contributed by atoms with Gasteiger partial charge in [-0.1, -0.05) is 23.7 Å². The second kappa shape index (κ2) is 4.51. The molecule has 1 aromatic carbocycles. The Morgan fingerprint density at radius 2 is 2.00 bits per heavy atom. The predicted molar refractivity (Wildman–Crippen MR) is 73.3 cm³/mol. The maximum Gasteiger partial charge on any atom is 0.274 e. The van der Waals surface area contributed by atoms with Crippen molar-refractivity contribution in [3.05, 3.63) is 46.2 Å². The van der Waals surface area contributed by atoms with Crippen molar-refractivity contribution in [2.24, 2.45) is 4.99 Å². The molecule has 0 radical (unpaired) electrons. The van der Waals surface area contributed by atoms with E-state index in [2.05, 4.69) is 20.5 Å². The van der Waals surface area contributed by atoms with Gasteiger partial charge in [0.15, 0.2) is 5.69 Å². The van der Waals surface area contributed by atoms with Gasteiger partial charge in [-0.3, -0.25) is 9.89 Å². The van der Waals surface area contributed by atoms with Crippen LogP contribution in [0.3, 0.4) is 0 Å². The van der Waals surface area contributed by atoms with E-state index in [4.69, 9.17) is 11.6 Å². The van der Waals surface area contributed by atoms with Gasteiger partial charge >= 0.3 is 0 Å². The third kappa shape index (κ3) is 2.13. The van der Waals surface area contributed by atoms with Gasteiger partial charge in [0.1, 0.15) is 5.69 Å². The summed E-state index contributed by atoms with van der Waals surface area (Å²) >= 11 is 5.87. The number of aryl methyl sites for hydroxylation is 1. The van der Waals surface area contributed by atoms with Gasteiger partial charge in [0.25, 0.3) is 5.91 Å². The summed E-state index contributed by atoms with van der Waals surface area (Å²) in [6.07, 6.45) is 0. The Labute approximate surface area is 114 Å². The van der Waals surface area contributed by atoms with Crippen LogP contribution in [-0.2, 0) is 0 Å². The van der Waals surface area contributed by atoms with Gasteiger partial charge in [0.05, 0.1) is 18.0 Å². The largest absolute Gasteiger partial charge is 0.345 e. The summed E-state index contributed by atoms with van der Waals surface area (Å²) in [5.41, 5.74) is 3.42. The number of amides is 1. The molecule has 2 aromatic rings. The fraction of sp³-hybridized carbons (Fsp3) is 0.154. The minimum Gasteiger partial charge on any atom is -0.345 e. The van der Waals surface area contributed by atoms with E-state index in [0.29, 0.717) is 22.9 Å². The van der Waals surface area contributed by atoms with Crippen molar-refractivity contribution in [3.63, 3.8) is 0 Å². The second-order valence-electron chi connectivity index (χ2n) is 4.29. The highest BCUT2D eigenvalue weighted by atomic mass is 35.5. The standard InChI is InChI=1S/C13H11ClN4O/c1-7-11-12(18-17-7)13(19)15-6-10(16-11)8-2-4-9(14)5-3-8/h2-5H,6H2,1H3,(H,15,19)(H,17,18). The van der Waals surface area contributed by atoms with Crippen LogP contribution in [0.25, 0.3) is 0 Å². The Kier molecular flexibility index (Phi) is 2.83. The van der Waals surface area contributed by atoms with E-state index in [9.17, 15) is 4.79 Å². The van der Waals surface area contributed by atoms with Crippen LogP contribution in [-0.4, -0.2) is 28.4 Å². The Balaban J connectivity index is 2.09. The zero-order valence-electron chi connectivity index (χ0n) is 10.2. The number of aromatic amines is 1. The Bertz CT molecular complexity index is 672. The summed E-state index contributed by atoms with van der Waals surface area (Å²) < 4.78 is 0. The Morgan fingerprint density at radius 1 is 1.26 bits per heavy atom. The molecule has 0 fully saturated rings. The van der Waals surface area contributed by atoms with Crippen LogP contribution in [0.1, 0.15) is 21.7 Å². The zero-order chi connectivity index (χ0) is 13.4. The van der Waals surface area contributed by atoms with E-state index >= 15 is 0 Å². The van der Waals surface area contributed by atoms with E-state index in [0.717, 1.165) is 17.0 Å². The number of benzene rings is 1. The molecule has 3 rings (SSSR count). The monoisotopic (exact) mass is 274 g/mol. The number of hydrogen-bond acceptors (Lipinski definition) is 3. The zero-order valence-corrected chi connectivity index (χ0v) is 11.0. The molecule has 2 N–H and O–H groups in total. The molecule has 0 aliphatic carbocycles. The van der Waals surface area contributed by atoms with Gasteiger partial charge in [0, 0.05) is 5.02 Å². The molecular weight excluding hydrogens is 264 g/mol. The lowest BCUT2D eigenvalue weighted by Gasteiger charge is -2.05. The van der Waals surface area contributed by atoms with Crippen molar-refractivity contribution in [1.29, 1.82) is 0 Å². The lowest BCUT2D eigenvalue weighted by atomic mass is 10.1. The number of nitrogens with one attached hydrogen (secondary N) is 2. The molecule has 1 aromatic heterocycles. The molecule has 0 saturated carbocycles. The van der Waals surface area contributed by atoms with Crippen molar-refractivity contribution in [1.82, 2.24) is 15.5 Å². The third-order valence-electron chi connectivity index (χ3n) is 2.97. The van der Waals surface area contributed by atoms with Crippen LogP contribution >= 0.6 is 11.6 Å². The smallest absolute Gasteiger partial charge is 0.274 e. The van der Waals surface area contributed by atoms with Gasteiger partial charge in [-0.05, 0) is 24.6 Å². The number of fused-ring (bicyclic) bond motifs is 1. The molecule has 0 spiro atoms. The molecular formula is C13H11ClN4O. The van der Waals surface area contributed by atoms with Crippen LogP contribution in [0.2, 0.25) is 5.02 Å². The molecule has 0 saturated heterocycles. The number of halogens is 1. The normalized spacial score (nSPS) is 14.4. The fourth-order valence-corrected chi connectivity index (χ4v) is 2.08. The topological polar surface area (TPSA) is 70.1 Å². The first-order valence-corrected chi connectivity index (χ1v) is 6.19. The van der Waals surface area contributed by atoms with Crippen molar-refractivity contribution in [2.75, 3.05) is 6.54 Å². The Morgan fingerprint density at radius 3 is 2.74 bits per heavy atom. The number of carbonyl (C=O) groups excluding carboxylic acids is 1. The third-order valence-corrected chi connectivity index (χ3v) is 3.22. The number of aliphatic imine (C=N–C) groups is 1. The second-order valence-corrected chi connectivity index (χ2v) is 4.73. The van der Waals surface area contributed by atoms with Gasteiger partial charge < -0.3 is 5.32 Å². The van der Waals surface area contributed by atoms with Gasteiger partial charge in [0.2, 0.25) is 0 Å². The van der Waals surface area contributed by atoms with Crippen LogP contribution in [0.4, 0.5) is 5.69 Å². The van der Waals surface area contributed by atoms with Gasteiger partial charge in [-0.25, -0.2) is 4.99 Å². The fourth-order valence-electron chi connectivity index (χ4n) is 1.95. The number of hydrogen-bond donors (Lipinski definition) is 2. The highest BCUT2D eigenvalue weighted by Crippen LogP contribution is 2.24. The minimum atomic E-state index is -0.216. The van der Waals surface area contributed by atoms with Crippen molar-refractivity contribution in [2.45, 2.75) is 6.92 Å². The van der Waals surface area contributed by atoms with Gasteiger partial charge in [-0.15, -0.1) is 0 Å². The number of H-pyrrole nitrogens is 1. The predicted octanol–water partition coefficient (Wildman–Crippen LogP) is 2.24. The van der Waals surface area contributed by atoms with E-state index < -0.39 is 0 Å². The number of rotatable bonds is 1. The van der Waals surface area contributed by atoms with Crippen LogP contribution < -0.4 is 5.32 Å². The first-order chi connectivity index (χ1) is 9.15. The number of carbonyl (C=O) groups is 1. The molecule has 96 valence electrons. The molecule has 2 heterocycles. The van der Waals surface area contributed by atoms with Crippen molar-refractivity contribution < 1.29 is 4.79 Å². The maximum atomic E-state index is 11.9. The molecule has 6 heteroatoms. The first-order valence-electron chi connectivity index (χ1n) is 5.82. The van der Waals surface area contributed by atoms with Crippen molar-refractivity contribution >= 4 is 28.9 Å². The number of nitrogens with zero attached hydrogens (tertiary/aromatic N) is 2.